The maximum absolute atomic E-state index is 12.7. The van der Waals surface area contributed by atoms with Gasteiger partial charge in [0, 0.05) is 26.7 Å². The number of hydrogen-bond acceptors (Lipinski definition) is 3. The molecule has 5 nitrogen and oxygen atoms in total. The van der Waals surface area contributed by atoms with Crippen LogP contribution < -0.4 is 0 Å². The van der Waals surface area contributed by atoms with Crippen LogP contribution in [0.1, 0.15) is 48.7 Å². The molecule has 6 heteroatoms. The second-order valence-corrected chi connectivity index (χ2v) is 6.11. The van der Waals surface area contributed by atoms with Gasteiger partial charge < -0.3 is 10.0 Å². The van der Waals surface area contributed by atoms with Crippen molar-refractivity contribution in [3.8, 4) is 0 Å². The third-order valence-electron chi connectivity index (χ3n) is 3.92. The number of rotatable bonds is 3. The monoisotopic (exact) mass is 299 g/mol. The highest BCUT2D eigenvalue weighted by molar-refractivity contribution is 6.33. The molecule has 0 aromatic carbocycles. The van der Waals surface area contributed by atoms with Crippen molar-refractivity contribution in [1.29, 1.82) is 0 Å². The first-order valence-electron chi connectivity index (χ1n) is 7.08. The quantitative estimate of drug-likeness (QED) is 0.929. The number of likely N-dealkylation sites (tertiary alicyclic amines) is 1. The molecule has 1 aliphatic rings. The van der Waals surface area contributed by atoms with Gasteiger partial charge in [0.25, 0.3) is 5.91 Å². The van der Waals surface area contributed by atoms with Crippen molar-refractivity contribution in [3.05, 3.63) is 16.4 Å². The molecule has 1 amide bonds. The SMILES string of the molecule is CC(C)c1nn(C)c(Cl)c1C(=O)N1CCC(CO)CC1. The molecule has 20 heavy (non-hydrogen) atoms. The molecule has 0 radical (unpaired) electrons. The number of carbonyl (C=O) groups is 1. The van der Waals surface area contributed by atoms with Gasteiger partial charge in [0.15, 0.2) is 0 Å². The summed E-state index contributed by atoms with van der Waals surface area (Å²) < 4.78 is 1.56. The van der Waals surface area contributed by atoms with Crippen molar-refractivity contribution in [2.24, 2.45) is 13.0 Å². The predicted molar refractivity (Wildman–Crippen MR) is 78.0 cm³/mol. The Morgan fingerprint density at radius 3 is 2.55 bits per heavy atom. The number of amides is 1. The Morgan fingerprint density at radius 2 is 2.05 bits per heavy atom. The van der Waals surface area contributed by atoms with Gasteiger partial charge in [-0.1, -0.05) is 25.4 Å². The Balaban J connectivity index is 2.21. The van der Waals surface area contributed by atoms with E-state index in [0.717, 1.165) is 18.5 Å². The lowest BCUT2D eigenvalue weighted by Crippen LogP contribution is -2.39. The number of aromatic nitrogens is 2. The highest BCUT2D eigenvalue weighted by Crippen LogP contribution is 2.28. The second kappa shape index (κ2) is 6.14. The number of halogens is 1. The van der Waals surface area contributed by atoms with Crippen LogP contribution in [0.3, 0.4) is 0 Å². The molecule has 0 spiro atoms. The molecule has 1 aromatic heterocycles. The largest absolute Gasteiger partial charge is 0.396 e. The summed E-state index contributed by atoms with van der Waals surface area (Å²) in [6.07, 6.45) is 1.69. The highest BCUT2D eigenvalue weighted by atomic mass is 35.5. The van der Waals surface area contributed by atoms with Crippen LogP contribution in [-0.4, -0.2) is 45.4 Å². The molecule has 1 fully saturated rings. The average molecular weight is 300 g/mol. The number of hydrogen-bond donors (Lipinski definition) is 1. The topological polar surface area (TPSA) is 58.4 Å². The summed E-state index contributed by atoms with van der Waals surface area (Å²) in [5, 5.41) is 13.9. The van der Waals surface area contributed by atoms with E-state index in [1.165, 1.54) is 0 Å². The Bertz CT molecular complexity index is 491. The van der Waals surface area contributed by atoms with Gasteiger partial charge in [-0.2, -0.15) is 5.10 Å². The first-order valence-corrected chi connectivity index (χ1v) is 7.46. The first-order chi connectivity index (χ1) is 9.45. The van der Waals surface area contributed by atoms with Crippen LogP contribution in [0, 0.1) is 5.92 Å². The van der Waals surface area contributed by atoms with Gasteiger partial charge in [0.05, 0.1) is 11.3 Å². The molecule has 1 aliphatic heterocycles. The number of carbonyl (C=O) groups excluding carboxylic acids is 1. The lowest BCUT2D eigenvalue weighted by Gasteiger charge is -2.31. The molecule has 0 unspecified atom stereocenters. The number of aryl methyl sites for hydroxylation is 1. The number of aliphatic hydroxyl groups is 1. The second-order valence-electron chi connectivity index (χ2n) is 5.75. The molecule has 0 bridgehead atoms. The molecular weight excluding hydrogens is 278 g/mol. The van der Waals surface area contributed by atoms with Crippen molar-refractivity contribution in [1.82, 2.24) is 14.7 Å². The summed E-state index contributed by atoms with van der Waals surface area (Å²) in [6.45, 7) is 5.56. The smallest absolute Gasteiger partial charge is 0.258 e. The Hall–Kier alpha value is -1.07. The summed E-state index contributed by atoms with van der Waals surface area (Å²) in [6, 6.07) is 0. The zero-order valence-electron chi connectivity index (χ0n) is 12.3. The van der Waals surface area contributed by atoms with Crippen molar-refractivity contribution in [3.63, 3.8) is 0 Å². The molecule has 0 saturated carbocycles. The van der Waals surface area contributed by atoms with Gasteiger partial charge >= 0.3 is 0 Å². The molecule has 0 atom stereocenters. The average Bonchev–Trinajstić information content (AvgIpc) is 2.74. The van der Waals surface area contributed by atoms with Crippen LogP contribution in [0.15, 0.2) is 0 Å². The van der Waals surface area contributed by atoms with Gasteiger partial charge in [-0.3, -0.25) is 9.48 Å². The van der Waals surface area contributed by atoms with Crippen molar-refractivity contribution < 1.29 is 9.90 Å². The maximum Gasteiger partial charge on any atom is 0.258 e. The van der Waals surface area contributed by atoms with Crippen LogP contribution in [0.4, 0.5) is 0 Å². The van der Waals surface area contributed by atoms with E-state index in [2.05, 4.69) is 5.10 Å². The molecule has 1 saturated heterocycles. The van der Waals surface area contributed by atoms with Crippen LogP contribution in [0.2, 0.25) is 5.15 Å². The summed E-state index contributed by atoms with van der Waals surface area (Å²) in [4.78, 5) is 14.5. The molecule has 2 rings (SSSR count). The van der Waals surface area contributed by atoms with Crippen LogP contribution >= 0.6 is 11.6 Å². The minimum absolute atomic E-state index is 0.0387. The van der Waals surface area contributed by atoms with E-state index in [1.54, 1.807) is 11.7 Å². The fourth-order valence-corrected chi connectivity index (χ4v) is 2.82. The van der Waals surface area contributed by atoms with Gasteiger partial charge in [-0.25, -0.2) is 0 Å². The summed E-state index contributed by atoms with van der Waals surface area (Å²) >= 11 is 6.24. The van der Waals surface area contributed by atoms with Crippen LogP contribution in [0.5, 0.6) is 0 Å². The van der Waals surface area contributed by atoms with Gasteiger partial charge in [0.1, 0.15) is 5.15 Å². The summed E-state index contributed by atoms with van der Waals surface area (Å²) in [7, 11) is 1.75. The molecule has 1 aromatic rings. The third-order valence-corrected chi connectivity index (χ3v) is 4.36. The minimum Gasteiger partial charge on any atom is -0.396 e. The van der Waals surface area contributed by atoms with E-state index in [1.807, 2.05) is 18.7 Å². The standard InChI is InChI=1S/C14H22ClN3O2/c1-9(2)12-11(13(15)17(3)16-12)14(20)18-6-4-10(8-19)5-7-18/h9-10,19H,4-8H2,1-3H3. The van der Waals surface area contributed by atoms with E-state index in [-0.39, 0.29) is 18.4 Å². The maximum atomic E-state index is 12.7. The number of aliphatic hydroxyl groups excluding tert-OH is 1. The Labute approximate surface area is 124 Å². The number of nitrogens with zero attached hydrogens (tertiary/aromatic N) is 3. The van der Waals surface area contributed by atoms with Crippen molar-refractivity contribution in [2.75, 3.05) is 19.7 Å². The Morgan fingerprint density at radius 1 is 1.45 bits per heavy atom. The molecule has 0 aliphatic carbocycles. The fourth-order valence-electron chi connectivity index (χ4n) is 2.60. The van der Waals surface area contributed by atoms with Crippen molar-refractivity contribution in [2.45, 2.75) is 32.6 Å². The Kier molecular flexibility index (Phi) is 4.70. The molecule has 1 N–H and O–H groups in total. The number of piperidine rings is 1. The first kappa shape index (κ1) is 15.3. The predicted octanol–water partition coefficient (Wildman–Crippen LogP) is 2.04. The van der Waals surface area contributed by atoms with Crippen LogP contribution in [0.25, 0.3) is 0 Å². The van der Waals surface area contributed by atoms with E-state index in [0.29, 0.717) is 29.7 Å². The molecule has 112 valence electrons. The molecular formula is C14H22ClN3O2. The third kappa shape index (κ3) is 2.83. The van der Waals surface area contributed by atoms with Gasteiger partial charge in [-0.15, -0.1) is 0 Å². The summed E-state index contributed by atoms with van der Waals surface area (Å²) in [5.74, 6) is 0.429. The van der Waals surface area contributed by atoms with E-state index < -0.39 is 0 Å². The minimum atomic E-state index is -0.0387. The lowest BCUT2D eigenvalue weighted by molar-refractivity contribution is 0.0649. The highest BCUT2D eigenvalue weighted by Gasteiger charge is 2.29. The zero-order chi connectivity index (χ0) is 14.9. The summed E-state index contributed by atoms with van der Waals surface area (Å²) in [5.41, 5.74) is 1.29. The zero-order valence-corrected chi connectivity index (χ0v) is 13.0. The normalized spacial score (nSPS) is 17.0. The molecule has 2 heterocycles. The van der Waals surface area contributed by atoms with Crippen molar-refractivity contribution >= 4 is 17.5 Å². The van der Waals surface area contributed by atoms with Gasteiger partial charge in [-0.05, 0) is 24.7 Å². The van der Waals surface area contributed by atoms with Crippen LogP contribution in [-0.2, 0) is 7.05 Å². The van der Waals surface area contributed by atoms with Gasteiger partial charge in [0.2, 0.25) is 0 Å². The van der Waals surface area contributed by atoms with E-state index >= 15 is 0 Å². The lowest BCUT2D eigenvalue weighted by atomic mass is 9.97. The fraction of sp³-hybridized carbons (Fsp3) is 0.714. The van der Waals surface area contributed by atoms with E-state index in [4.69, 9.17) is 16.7 Å². The van der Waals surface area contributed by atoms with E-state index in [9.17, 15) is 4.79 Å².